The fourth-order valence-corrected chi connectivity index (χ4v) is 3.48. The van der Waals surface area contributed by atoms with Crippen LogP contribution in [-0.2, 0) is 9.47 Å². The number of nitrogen functional groups attached to an aromatic ring is 1. The van der Waals surface area contributed by atoms with E-state index in [9.17, 15) is 14.9 Å². The average Bonchev–Trinajstić information content (AvgIpc) is 3.17. The molecule has 11 heteroatoms. The van der Waals surface area contributed by atoms with Gasteiger partial charge >= 0.3 is 11.7 Å². The van der Waals surface area contributed by atoms with Gasteiger partial charge in [0.25, 0.3) is 0 Å². The molecule has 2 aromatic heterocycles. The van der Waals surface area contributed by atoms with Gasteiger partial charge in [-0.3, -0.25) is 14.7 Å². The van der Waals surface area contributed by atoms with Crippen LogP contribution in [0.25, 0.3) is 22.4 Å². The lowest BCUT2D eigenvalue weighted by molar-refractivity contribution is -0.384. The third-order valence-corrected chi connectivity index (χ3v) is 4.83. The normalized spacial score (nSPS) is 16.7. The van der Waals surface area contributed by atoms with Crippen molar-refractivity contribution >= 4 is 28.5 Å². The standard InChI is InChI=1S/C18H18N6O5/c1-28-18(25)11-6-10(7-12(19)16(11)24(26)27)14-15-17(21-8-20-14)23(9-22-15)13-4-2-3-5-29-13/h6-9,13H,2-5,19H2,1H3. The van der Waals surface area contributed by atoms with E-state index in [-0.39, 0.29) is 17.5 Å². The SMILES string of the molecule is COC(=O)c1cc(-c2ncnc3c2ncn3C2CCCCO2)cc(N)c1[N+](=O)[O-]. The van der Waals surface area contributed by atoms with E-state index in [0.29, 0.717) is 29.0 Å². The molecule has 0 aliphatic carbocycles. The summed E-state index contributed by atoms with van der Waals surface area (Å²) in [5, 5.41) is 11.4. The van der Waals surface area contributed by atoms with Crippen LogP contribution in [0.3, 0.4) is 0 Å². The quantitative estimate of drug-likeness (QED) is 0.303. The molecule has 1 saturated heterocycles. The Morgan fingerprint density at radius 2 is 2.17 bits per heavy atom. The van der Waals surface area contributed by atoms with E-state index in [1.54, 1.807) is 6.33 Å². The maximum Gasteiger partial charge on any atom is 0.345 e. The zero-order valence-corrected chi connectivity index (χ0v) is 15.6. The van der Waals surface area contributed by atoms with Gasteiger partial charge in [-0.2, -0.15) is 0 Å². The van der Waals surface area contributed by atoms with E-state index >= 15 is 0 Å². The van der Waals surface area contributed by atoms with Gasteiger partial charge in [-0.1, -0.05) is 0 Å². The van der Waals surface area contributed by atoms with Gasteiger partial charge in [0.15, 0.2) is 5.65 Å². The number of nitro benzene ring substituents is 1. The summed E-state index contributed by atoms with van der Waals surface area (Å²) in [5.74, 6) is -0.864. The highest BCUT2D eigenvalue weighted by Gasteiger charge is 2.27. The summed E-state index contributed by atoms with van der Waals surface area (Å²) < 4.78 is 12.3. The Bertz CT molecular complexity index is 1110. The van der Waals surface area contributed by atoms with Crippen LogP contribution in [0.15, 0.2) is 24.8 Å². The molecule has 1 aliphatic heterocycles. The second kappa shape index (κ2) is 7.43. The summed E-state index contributed by atoms with van der Waals surface area (Å²) in [6.07, 6.45) is 5.75. The zero-order chi connectivity index (χ0) is 20.5. The minimum absolute atomic E-state index is 0.163. The first-order valence-electron chi connectivity index (χ1n) is 8.97. The lowest BCUT2D eigenvalue weighted by Crippen LogP contribution is -2.17. The van der Waals surface area contributed by atoms with Crippen LogP contribution in [-0.4, -0.2) is 44.1 Å². The summed E-state index contributed by atoms with van der Waals surface area (Å²) in [5.41, 5.74) is 6.79. The summed E-state index contributed by atoms with van der Waals surface area (Å²) in [7, 11) is 1.14. The summed E-state index contributed by atoms with van der Waals surface area (Å²) in [6.45, 7) is 0.670. The molecule has 1 aliphatic rings. The number of carbonyl (C=O) groups is 1. The lowest BCUT2D eigenvalue weighted by Gasteiger charge is -2.23. The maximum atomic E-state index is 12.1. The summed E-state index contributed by atoms with van der Waals surface area (Å²) >= 11 is 0. The predicted octanol–water partition coefficient (Wildman–Crippen LogP) is 2.47. The molecule has 3 heterocycles. The Kier molecular flexibility index (Phi) is 4.80. The molecule has 150 valence electrons. The van der Waals surface area contributed by atoms with E-state index in [2.05, 4.69) is 19.7 Å². The van der Waals surface area contributed by atoms with Crippen LogP contribution in [0.5, 0.6) is 0 Å². The van der Waals surface area contributed by atoms with Crippen molar-refractivity contribution in [2.45, 2.75) is 25.5 Å². The minimum Gasteiger partial charge on any atom is -0.465 e. The molecule has 1 atom stereocenters. The molecule has 0 bridgehead atoms. The monoisotopic (exact) mass is 398 g/mol. The molecule has 4 rings (SSSR count). The fourth-order valence-electron chi connectivity index (χ4n) is 3.48. The number of nitro groups is 1. The fraction of sp³-hybridized carbons (Fsp3) is 0.333. The number of methoxy groups -OCH3 is 1. The Morgan fingerprint density at radius 3 is 2.86 bits per heavy atom. The predicted molar refractivity (Wildman–Crippen MR) is 102 cm³/mol. The smallest absolute Gasteiger partial charge is 0.345 e. The molecule has 0 amide bonds. The molecule has 11 nitrogen and oxygen atoms in total. The number of rotatable bonds is 4. The number of anilines is 1. The number of esters is 1. The molecular formula is C18H18N6O5. The number of benzene rings is 1. The third-order valence-electron chi connectivity index (χ3n) is 4.83. The Morgan fingerprint density at radius 1 is 1.34 bits per heavy atom. The van der Waals surface area contributed by atoms with Crippen molar-refractivity contribution in [3.63, 3.8) is 0 Å². The third kappa shape index (κ3) is 3.25. The van der Waals surface area contributed by atoms with Gasteiger partial charge in [0.1, 0.15) is 35.0 Å². The first-order valence-corrected chi connectivity index (χ1v) is 8.97. The van der Waals surface area contributed by atoms with Gasteiger partial charge in [0.2, 0.25) is 0 Å². The Hall–Kier alpha value is -3.60. The van der Waals surface area contributed by atoms with Gasteiger partial charge in [-0.25, -0.2) is 19.7 Å². The molecule has 0 radical (unpaired) electrons. The van der Waals surface area contributed by atoms with Crippen LogP contribution < -0.4 is 5.73 Å². The second-order valence-electron chi connectivity index (χ2n) is 6.58. The minimum atomic E-state index is -0.864. The molecule has 3 aromatic rings. The summed E-state index contributed by atoms with van der Waals surface area (Å²) in [6, 6.07) is 2.72. The number of nitrogens with zero attached hydrogens (tertiary/aromatic N) is 5. The molecule has 0 saturated carbocycles. The van der Waals surface area contributed by atoms with Crippen LogP contribution in [0, 0.1) is 10.1 Å². The van der Waals surface area contributed by atoms with Crippen LogP contribution in [0.4, 0.5) is 11.4 Å². The molecule has 29 heavy (non-hydrogen) atoms. The van der Waals surface area contributed by atoms with Gasteiger partial charge in [0, 0.05) is 12.2 Å². The molecule has 1 aromatic carbocycles. The van der Waals surface area contributed by atoms with Crippen molar-refractivity contribution in [2.24, 2.45) is 0 Å². The molecule has 1 fully saturated rings. The van der Waals surface area contributed by atoms with Gasteiger partial charge < -0.3 is 15.2 Å². The number of hydrogen-bond acceptors (Lipinski definition) is 9. The second-order valence-corrected chi connectivity index (χ2v) is 6.58. The number of carbonyl (C=O) groups excluding carboxylic acids is 1. The molecular weight excluding hydrogens is 380 g/mol. The van der Waals surface area contributed by atoms with Crippen molar-refractivity contribution in [3.05, 3.63) is 40.5 Å². The van der Waals surface area contributed by atoms with Crippen molar-refractivity contribution in [1.82, 2.24) is 19.5 Å². The van der Waals surface area contributed by atoms with Crippen LogP contribution >= 0.6 is 0 Å². The largest absolute Gasteiger partial charge is 0.465 e. The average molecular weight is 398 g/mol. The van der Waals surface area contributed by atoms with Crippen molar-refractivity contribution in [1.29, 1.82) is 0 Å². The van der Waals surface area contributed by atoms with E-state index < -0.39 is 16.6 Å². The highest BCUT2D eigenvalue weighted by molar-refractivity contribution is 6.00. The van der Waals surface area contributed by atoms with Crippen LogP contribution in [0.1, 0.15) is 35.8 Å². The highest BCUT2D eigenvalue weighted by Crippen LogP contribution is 2.35. The molecule has 0 spiro atoms. The first-order chi connectivity index (χ1) is 14.0. The number of nitrogens with two attached hydrogens (primary N) is 1. The lowest BCUT2D eigenvalue weighted by atomic mass is 10.0. The van der Waals surface area contributed by atoms with Gasteiger partial charge in [-0.15, -0.1) is 0 Å². The number of hydrogen-bond donors (Lipinski definition) is 1. The zero-order valence-electron chi connectivity index (χ0n) is 15.6. The Labute approximate surface area is 164 Å². The maximum absolute atomic E-state index is 12.1. The number of ether oxygens (including phenoxy) is 2. The highest BCUT2D eigenvalue weighted by atomic mass is 16.6. The molecule has 1 unspecified atom stereocenters. The van der Waals surface area contributed by atoms with E-state index in [1.165, 1.54) is 18.5 Å². The number of imidazole rings is 1. The summed E-state index contributed by atoms with van der Waals surface area (Å²) in [4.78, 5) is 35.8. The Balaban J connectivity index is 1.87. The van der Waals surface area contributed by atoms with E-state index in [4.69, 9.17) is 10.5 Å². The topological polar surface area (TPSA) is 148 Å². The van der Waals surface area contributed by atoms with Crippen molar-refractivity contribution in [3.8, 4) is 11.3 Å². The van der Waals surface area contributed by atoms with Gasteiger partial charge in [0.05, 0.1) is 18.4 Å². The number of aromatic nitrogens is 4. The van der Waals surface area contributed by atoms with Crippen molar-refractivity contribution in [2.75, 3.05) is 19.5 Å². The van der Waals surface area contributed by atoms with Crippen molar-refractivity contribution < 1.29 is 19.2 Å². The van der Waals surface area contributed by atoms with E-state index in [1.807, 2.05) is 4.57 Å². The van der Waals surface area contributed by atoms with E-state index in [0.717, 1.165) is 26.4 Å². The van der Waals surface area contributed by atoms with Gasteiger partial charge in [-0.05, 0) is 31.4 Å². The number of fused-ring (bicyclic) bond motifs is 1. The molecule has 2 N–H and O–H groups in total. The first kappa shape index (κ1) is 18.7. The van der Waals surface area contributed by atoms with Crippen LogP contribution in [0.2, 0.25) is 0 Å².